The highest BCUT2D eigenvalue weighted by Crippen LogP contribution is 2.05. The summed E-state index contributed by atoms with van der Waals surface area (Å²) in [5.41, 5.74) is 3.62. The minimum Gasteiger partial charge on any atom is -0.390 e. The summed E-state index contributed by atoms with van der Waals surface area (Å²) in [5, 5.41) is 17.9. The number of ether oxygens (including phenoxy) is 1. The minimum absolute atomic E-state index is 0.150. The first-order chi connectivity index (χ1) is 7.59. The maximum absolute atomic E-state index is 12.6. The lowest BCUT2D eigenvalue weighted by molar-refractivity contribution is -0.496. The van der Waals surface area contributed by atoms with Crippen molar-refractivity contribution in [3.63, 3.8) is 0 Å². The molecule has 0 saturated carbocycles. The standard InChI is InChI=1S/C11H16FNO3/c12-10-3-1-9(2-4-10)5-16-8-11(13,6-14)7-15/h1-4,14-15H,5-8,13H2/p+1. The van der Waals surface area contributed by atoms with Gasteiger partial charge in [0.15, 0.2) is 5.54 Å². The van der Waals surface area contributed by atoms with E-state index in [0.29, 0.717) is 6.61 Å². The third-order valence-electron chi connectivity index (χ3n) is 2.26. The van der Waals surface area contributed by atoms with Crippen LogP contribution in [-0.4, -0.2) is 35.6 Å². The van der Waals surface area contributed by atoms with Gasteiger partial charge in [-0.05, 0) is 17.7 Å². The first-order valence-corrected chi connectivity index (χ1v) is 4.99. The van der Waals surface area contributed by atoms with E-state index in [1.165, 1.54) is 12.1 Å². The molecule has 0 fully saturated rings. The van der Waals surface area contributed by atoms with Gasteiger partial charge in [0.1, 0.15) is 25.6 Å². The van der Waals surface area contributed by atoms with Gasteiger partial charge in [-0.25, -0.2) is 4.39 Å². The molecule has 1 rings (SSSR count). The SMILES string of the molecule is [NH3+]C(CO)(CO)COCc1ccc(F)cc1. The van der Waals surface area contributed by atoms with Gasteiger partial charge in [0.05, 0.1) is 6.61 Å². The van der Waals surface area contributed by atoms with Crippen molar-refractivity contribution < 1.29 is 25.1 Å². The molecule has 5 heteroatoms. The molecule has 90 valence electrons. The van der Waals surface area contributed by atoms with Crippen LogP contribution in [0, 0.1) is 5.82 Å². The van der Waals surface area contributed by atoms with Crippen LogP contribution in [0.5, 0.6) is 0 Å². The molecule has 16 heavy (non-hydrogen) atoms. The molecule has 0 radical (unpaired) electrons. The number of rotatable bonds is 6. The Hall–Kier alpha value is -1.01. The fraction of sp³-hybridized carbons (Fsp3) is 0.455. The zero-order chi connectivity index (χ0) is 12.0. The smallest absolute Gasteiger partial charge is 0.165 e. The quantitative estimate of drug-likeness (QED) is 0.605. The van der Waals surface area contributed by atoms with E-state index in [1.807, 2.05) is 0 Å². The van der Waals surface area contributed by atoms with E-state index in [2.05, 4.69) is 5.73 Å². The second kappa shape index (κ2) is 5.91. The summed E-state index contributed by atoms with van der Waals surface area (Å²) in [6, 6.07) is 5.96. The van der Waals surface area contributed by atoms with Gasteiger partial charge in [0.25, 0.3) is 0 Å². The predicted octanol–water partition coefficient (Wildman–Crippen LogP) is -0.692. The first kappa shape index (κ1) is 13.1. The molecular formula is C11H17FNO3+. The Morgan fingerprint density at radius 1 is 1.19 bits per heavy atom. The maximum atomic E-state index is 12.6. The molecule has 0 atom stereocenters. The Morgan fingerprint density at radius 3 is 2.25 bits per heavy atom. The van der Waals surface area contributed by atoms with Crippen molar-refractivity contribution in [2.24, 2.45) is 0 Å². The number of benzene rings is 1. The van der Waals surface area contributed by atoms with Crippen LogP contribution in [0.25, 0.3) is 0 Å². The average Bonchev–Trinajstić information content (AvgIpc) is 2.31. The number of hydrogen-bond acceptors (Lipinski definition) is 3. The van der Waals surface area contributed by atoms with Gasteiger partial charge in [-0.1, -0.05) is 12.1 Å². The summed E-state index contributed by atoms with van der Waals surface area (Å²) >= 11 is 0. The van der Waals surface area contributed by atoms with Gasteiger partial charge in [0, 0.05) is 0 Å². The van der Waals surface area contributed by atoms with Crippen molar-refractivity contribution in [1.29, 1.82) is 0 Å². The van der Waals surface area contributed by atoms with E-state index in [-0.39, 0.29) is 25.6 Å². The molecule has 1 aromatic rings. The van der Waals surface area contributed by atoms with E-state index in [1.54, 1.807) is 12.1 Å². The van der Waals surface area contributed by atoms with Crippen LogP contribution in [0.2, 0.25) is 0 Å². The summed E-state index contributed by atoms with van der Waals surface area (Å²) in [6.07, 6.45) is 0. The number of aliphatic hydroxyl groups excluding tert-OH is 2. The van der Waals surface area contributed by atoms with Crippen LogP contribution in [0.1, 0.15) is 5.56 Å². The normalized spacial score (nSPS) is 11.8. The highest BCUT2D eigenvalue weighted by molar-refractivity contribution is 5.14. The Morgan fingerprint density at radius 2 is 1.75 bits per heavy atom. The zero-order valence-electron chi connectivity index (χ0n) is 9.03. The molecule has 0 aliphatic carbocycles. The van der Waals surface area contributed by atoms with E-state index in [9.17, 15) is 4.39 Å². The minimum atomic E-state index is -0.875. The third-order valence-corrected chi connectivity index (χ3v) is 2.26. The average molecular weight is 230 g/mol. The molecule has 0 aromatic heterocycles. The van der Waals surface area contributed by atoms with Crippen molar-refractivity contribution in [1.82, 2.24) is 0 Å². The van der Waals surface area contributed by atoms with Gasteiger partial charge in [-0.2, -0.15) is 0 Å². The van der Waals surface area contributed by atoms with E-state index < -0.39 is 5.54 Å². The molecular weight excluding hydrogens is 213 g/mol. The molecule has 0 saturated heterocycles. The number of hydrogen-bond donors (Lipinski definition) is 3. The van der Waals surface area contributed by atoms with Crippen LogP contribution in [0.3, 0.4) is 0 Å². The largest absolute Gasteiger partial charge is 0.390 e. The molecule has 5 N–H and O–H groups in total. The molecule has 0 heterocycles. The third kappa shape index (κ3) is 3.86. The Balaban J connectivity index is 2.38. The molecule has 0 bridgehead atoms. The van der Waals surface area contributed by atoms with Crippen LogP contribution < -0.4 is 5.73 Å². The monoisotopic (exact) mass is 230 g/mol. The number of halogens is 1. The van der Waals surface area contributed by atoms with Crippen LogP contribution in [0.15, 0.2) is 24.3 Å². The van der Waals surface area contributed by atoms with Gasteiger partial charge in [-0.15, -0.1) is 0 Å². The zero-order valence-corrected chi connectivity index (χ0v) is 9.03. The Kier molecular flexibility index (Phi) is 4.82. The number of quaternary nitrogens is 1. The molecule has 0 unspecified atom stereocenters. The summed E-state index contributed by atoms with van der Waals surface area (Å²) in [4.78, 5) is 0. The first-order valence-electron chi connectivity index (χ1n) is 4.99. The van der Waals surface area contributed by atoms with Crippen LogP contribution >= 0.6 is 0 Å². The molecule has 0 spiro atoms. The maximum Gasteiger partial charge on any atom is 0.165 e. The van der Waals surface area contributed by atoms with Crippen molar-refractivity contribution in [3.8, 4) is 0 Å². The van der Waals surface area contributed by atoms with Crippen molar-refractivity contribution in [2.45, 2.75) is 12.1 Å². The molecule has 0 aliphatic rings. The van der Waals surface area contributed by atoms with Gasteiger partial charge < -0.3 is 20.7 Å². The molecule has 4 nitrogen and oxygen atoms in total. The summed E-state index contributed by atoms with van der Waals surface area (Å²) in [5.74, 6) is -0.291. The highest BCUT2D eigenvalue weighted by Gasteiger charge is 2.27. The van der Waals surface area contributed by atoms with Crippen LogP contribution in [0.4, 0.5) is 4.39 Å². The van der Waals surface area contributed by atoms with E-state index in [4.69, 9.17) is 14.9 Å². The second-order valence-electron chi connectivity index (χ2n) is 3.94. The summed E-state index contributed by atoms with van der Waals surface area (Å²) < 4.78 is 17.9. The van der Waals surface area contributed by atoms with Crippen molar-refractivity contribution >= 4 is 0 Å². The lowest BCUT2D eigenvalue weighted by Gasteiger charge is -2.20. The lowest BCUT2D eigenvalue weighted by atomic mass is 10.1. The summed E-state index contributed by atoms with van der Waals surface area (Å²) in [6.45, 7) is -0.0330. The lowest BCUT2D eigenvalue weighted by Crippen LogP contribution is -2.78. The predicted molar refractivity (Wildman–Crippen MR) is 55.8 cm³/mol. The fourth-order valence-electron chi connectivity index (χ4n) is 1.11. The van der Waals surface area contributed by atoms with Gasteiger partial charge >= 0.3 is 0 Å². The van der Waals surface area contributed by atoms with E-state index in [0.717, 1.165) is 5.56 Å². The molecule has 0 amide bonds. The number of aliphatic hydroxyl groups is 2. The Labute approximate surface area is 93.5 Å². The van der Waals surface area contributed by atoms with Crippen molar-refractivity contribution in [3.05, 3.63) is 35.6 Å². The van der Waals surface area contributed by atoms with Gasteiger partial charge in [-0.3, -0.25) is 0 Å². The van der Waals surface area contributed by atoms with E-state index >= 15 is 0 Å². The van der Waals surface area contributed by atoms with Crippen LogP contribution in [-0.2, 0) is 11.3 Å². The summed E-state index contributed by atoms with van der Waals surface area (Å²) in [7, 11) is 0. The highest BCUT2D eigenvalue weighted by atomic mass is 19.1. The Bertz CT molecular complexity index is 312. The molecule has 0 aliphatic heterocycles. The fourth-order valence-corrected chi connectivity index (χ4v) is 1.11. The molecule has 1 aromatic carbocycles. The van der Waals surface area contributed by atoms with Crippen molar-refractivity contribution in [2.75, 3.05) is 19.8 Å². The second-order valence-corrected chi connectivity index (χ2v) is 3.94. The topological polar surface area (TPSA) is 77.3 Å². The van der Waals surface area contributed by atoms with Gasteiger partial charge in [0.2, 0.25) is 0 Å².